The molecule has 1 aliphatic heterocycles. The first-order valence-corrected chi connectivity index (χ1v) is 6.81. The number of thiocarbonyl (C=S) groups is 1. The molecule has 2 rings (SSSR count). The molecule has 1 aromatic carbocycles. The molecule has 86 valence electrons. The Balaban J connectivity index is 2.03. The highest BCUT2D eigenvalue weighted by atomic mass is 32.2. The first kappa shape index (κ1) is 11.5. The Morgan fingerprint density at radius 1 is 1.25 bits per heavy atom. The Kier molecular flexibility index (Phi) is 3.90. The summed E-state index contributed by atoms with van der Waals surface area (Å²) in [6.07, 6.45) is 0. The van der Waals surface area contributed by atoms with E-state index in [-0.39, 0.29) is 0 Å². The van der Waals surface area contributed by atoms with Gasteiger partial charge in [-0.1, -0.05) is 0 Å². The number of thioether (sulfide) groups is 1. The third kappa shape index (κ3) is 3.02. The van der Waals surface area contributed by atoms with Gasteiger partial charge in [-0.3, -0.25) is 0 Å². The quantitative estimate of drug-likeness (QED) is 0.788. The van der Waals surface area contributed by atoms with Gasteiger partial charge in [0.2, 0.25) is 0 Å². The average molecular weight is 253 g/mol. The fraction of sp³-hybridized carbons (Fsp3) is 0.364. The van der Waals surface area contributed by atoms with E-state index in [4.69, 9.17) is 18.0 Å². The van der Waals surface area contributed by atoms with Crippen LogP contribution in [0.15, 0.2) is 24.3 Å². The van der Waals surface area contributed by atoms with Gasteiger partial charge >= 0.3 is 0 Å². The minimum absolute atomic E-state index is 0.308. The monoisotopic (exact) mass is 253 g/mol. The Morgan fingerprint density at radius 2 is 1.88 bits per heavy atom. The average Bonchev–Trinajstić information content (AvgIpc) is 2.30. The zero-order chi connectivity index (χ0) is 11.4. The van der Waals surface area contributed by atoms with Gasteiger partial charge in [-0.05, 0) is 36.5 Å². The van der Waals surface area contributed by atoms with Gasteiger partial charge in [-0.2, -0.15) is 11.8 Å². The summed E-state index contributed by atoms with van der Waals surface area (Å²) in [7, 11) is 0. The van der Waals surface area contributed by atoms with Gasteiger partial charge in [-0.25, -0.2) is 0 Å². The molecule has 3 nitrogen and oxygen atoms in total. The van der Waals surface area contributed by atoms with Gasteiger partial charge in [0, 0.05) is 36.0 Å². The Hall–Kier alpha value is -0.940. The highest BCUT2D eigenvalue weighted by molar-refractivity contribution is 7.99. The summed E-state index contributed by atoms with van der Waals surface area (Å²) in [5.74, 6) is 2.43. The molecule has 0 amide bonds. The normalized spacial score (nSPS) is 15.9. The van der Waals surface area contributed by atoms with Crippen LogP contribution >= 0.6 is 24.0 Å². The third-order valence-electron chi connectivity index (χ3n) is 2.51. The van der Waals surface area contributed by atoms with E-state index in [9.17, 15) is 0 Å². The summed E-state index contributed by atoms with van der Waals surface area (Å²) in [6, 6.07) is 8.24. The molecule has 0 aromatic heterocycles. The molecule has 0 unspecified atom stereocenters. The summed E-state index contributed by atoms with van der Waals surface area (Å²) in [5, 5.41) is 3.23. The number of nitrogens with zero attached hydrogens (tertiary/aromatic N) is 1. The predicted octanol–water partition coefficient (Wildman–Crippen LogP) is 1.90. The summed E-state index contributed by atoms with van der Waals surface area (Å²) in [4.78, 5) is 2.40. The molecule has 0 saturated carbocycles. The van der Waals surface area contributed by atoms with E-state index in [1.54, 1.807) is 0 Å². The van der Waals surface area contributed by atoms with Crippen molar-refractivity contribution in [2.45, 2.75) is 0 Å². The van der Waals surface area contributed by atoms with Crippen LogP contribution in [0, 0.1) is 0 Å². The number of nitrogens with two attached hydrogens (primary N) is 1. The van der Waals surface area contributed by atoms with Crippen molar-refractivity contribution >= 4 is 40.5 Å². The molecule has 0 atom stereocenters. The maximum atomic E-state index is 5.41. The maximum absolute atomic E-state index is 5.41. The molecule has 0 radical (unpaired) electrons. The molecule has 1 aliphatic rings. The standard InChI is InChI=1S/C11H15N3S2/c12-11(15)13-9-1-3-10(4-2-9)14-5-7-16-8-6-14/h1-4H,5-8H2,(H3,12,13,15). The zero-order valence-corrected chi connectivity index (χ0v) is 10.6. The van der Waals surface area contributed by atoms with Gasteiger partial charge in [-0.15, -0.1) is 0 Å². The van der Waals surface area contributed by atoms with Crippen LogP contribution in [0.3, 0.4) is 0 Å². The van der Waals surface area contributed by atoms with Crippen molar-refractivity contribution in [2.24, 2.45) is 5.73 Å². The van der Waals surface area contributed by atoms with Crippen LogP contribution in [0.4, 0.5) is 11.4 Å². The molecule has 1 saturated heterocycles. The second-order valence-corrected chi connectivity index (χ2v) is 5.30. The van der Waals surface area contributed by atoms with E-state index in [0.717, 1.165) is 18.8 Å². The van der Waals surface area contributed by atoms with E-state index in [1.807, 2.05) is 23.9 Å². The van der Waals surface area contributed by atoms with Crippen LogP contribution in [-0.2, 0) is 0 Å². The summed E-state index contributed by atoms with van der Waals surface area (Å²) in [6.45, 7) is 2.26. The van der Waals surface area contributed by atoms with Crippen LogP contribution in [0.5, 0.6) is 0 Å². The van der Waals surface area contributed by atoms with Crippen LogP contribution in [0.2, 0.25) is 0 Å². The second-order valence-electron chi connectivity index (χ2n) is 3.64. The molecule has 0 spiro atoms. The Labute approximate surface area is 105 Å². The highest BCUT2D eigenvalue weighted by Crippen LogP contribution is 2.21. The Morgan fingerprint density at radius 3 is 2.44 bits per heavy atom. The molecule has 1 heterocycles. The number of hydrogen-bond donors (Lipinski definition) is 2. The van der Waals surface area contributed by atoms with E-state index < -0.39 is 0 Å². The number of nitrogens with one attached hydrogen (secondary N) is 1. The summed E-state index contributed by atoms with van der Waals surface area (Å²) in [5.41, 5.74) is 7.63. The lowest BCUT2D eigenvalue weighted by Gasteiger charge is -2.28. The van der Waals surface area contributed by atoms with Crippen molar-refractivity contribution in [3.63, 3.8) is 0 Å². The number of benzene rings is 1. The van der Waals surface area contributed by atoms with Crippen LogP contribution in [0.25, 0.3) is 0 Å². The molecule has 5 heteroatoms. The molecule has 3 N–H and O–H groups in total. The Bertz CT molecular complexity index is 358. The first-order valence-electron chi connectivity index (χ1n) is 5.25. The highest BCUT2D eigenvalue weighted by Gasteiger charge is 2.10. The van der Waals surface area contributed by atoms with E-state index in [0.29, 0.717) is 5.11 Å². The van der Waals surface area contributed by atoms with Crippen LogP contribution in [0.1, 0.15) is 0 Å². The van der Waals surface area contributed by atoms with Crippen molar-refractivity contribution in [1.82, 2.24) is 0 Å². The minimum Gasteiger partial charge on any atom is -0.376 e. The van der Waals surface area contributed by atoms with Gasteiger partial charge in [0.05, 0.1) is 0 Å². The largest absolute Gasteiger partial charge is 0.376 e. The van der Waals surface area contributed by atoms with E-state index in [2.05, 4.69) is 22.3 Å². The number of rotatable bonds is 2. The van der Waals surface area contributed by atoms with Crippen LogP contribution in [-0.4, -0.2) is 29.7 Å². The van der Waals surface area contributed by atoms with E-state index >= 15 is 0 Å². The lowest BCUT2D eigenvalue weighted by atomic mass is 10.2. The topological polar surface area (TPSA) is 41.3 Å². The molecule has 0 aliphatic carbocycles. The van der Waals surface area contributed by atoms with Crippen LogP contribution < -0.4 is 16.0 Å². The van der Waals surface area contributed by atoms with Gasteiger partial charge in [0.15, 0.2) is 5.11 Å². The lowest BCUT2D eigenvalue weighted by molar-refractivity contribution is 0.859. The first-order chi connectivity index (χ1) is 7.75. The summed E-state index contributed by atoms with van der Waals surface area (Å²) >= 11 is 6.81. The van der Waals surface area contributed by atoms with Crippen molar-refractivity contribution in [3.8, 4) is 0 Å². The molecule has 0 bridgehead atoms. The summed E-state index contributed by atoms with van der Waals surface area (Å²) < 4.78 is 0. The van der Waals surface area contributed by atoms with Gasteiger partial charge < -0.3 is 16.0 Å². The van der Waals surface area contributed by atoms with Crippen molar-refractivity contribution in [3.05, 3.63) is 24.3 Å². The second kappa shape index (κ2) is 5.41. The number of hydrogen-bond acceptors (Lipinski definition) is 3. The van der Waals surface area contributed by atoms with Crippen molar-refractivity contribution in [1.29, 1.82) is 0 Å². The van der Waals surface area contributed by atoms with Crippen molar-refractivity contribution in [2.75, 3.05) is 34.8 Å². The smallest absolute Gasteiger partial charge is 0.168 e. The fourth-order valence-corrected chi connectivity index (χ4v) is 2.74. The molecular weight excluding hydrogens is 238 g/mol. The SMILES string of the molecule is NC(=S)Nc1ccc(N2CCSCC2)cc1. The molecule has 1 aromatic rings. The zero-order valence-electron chi connectivity index (χ0n) is 8.98. The molecular formula is C11H15N3S2. The van der Waals surface area contributed by atoms with Crippen molar-refractivity contribution < 1.29 is 0 Å². The fourth-order valence-electron chi connectivity index (χ4n) is 1.72. The number of anilines is 2. The third-order valence-corrected chi connectivity index (χ3v) is 3.56. The minimum atomic E-state index is 0.308. The lowest BCUT2D eigenvalue weighted by Crippen LogP contribution is -2.32. The van der Waals surface area contributed by atoms with Gasteiger partial charge in [0.25, 0.3) is 0 Å². The van der Waals surface area contributed by atoms with E-state index in [1.165, 1.54) is 17.2 Å². The molecule has 16 heavy (non-hydrogen) atoms. The maximum Gasteiger partial charge on any atom is 0.168 e. The predicted molar refractivity (Wildman–Crippen MR) is 76.4 cm³/mol. The molecule has 1 fully saturated rings. The van der Waals surface area contributed by atoms with Gasteiger partial charge in [0.1, 0.15) is 0 Å².